The quantitative estimate of drug-likeness (QED) is 0.214. The maximum absolute atomic E-state index is 12.0. The molecule has 3 N–H and O–H groups in total. The molecule has 0 radical (unpaired) electrons. The first-order valence-corrected chi connectivity index (χ1v) is 10.4. The largest absolute Gasteiger partial charge is 0.444 e. The van der Waals surface area contributed by atoms with Gasteiger partial charge in [-0.05, 0) is 35.7 Å². The Morgan fingerprint density at radius 1 is 1.06 bits per heavy atom. The fraction of sp³-hybridized carbons (Fsp3) is 0.292. The summed E-state index contributed by atoms with van der Waals surface area (Å²) >= 11 is 0. The van der Waals surface area contributed by atoms with Crippen LogP contribution in [0.15, 0.2) is 70.3 Å². The lowest BCUT2D eigenvalue weighted by Gasteiger charge is -2.12. The molecule has 0 aliphatic rings. The first-order valence-electron chi connectivity index (χ1n) is 10.4. The van der Waals surface area contributed by atoms with Crippen LogP contribution in [0.2, 0.25) is 0 Å². The van der Waals surface area contributed by atoms with Crippen LogP contribution >= 0.6 is 24.0 Å². The van der Waals surface area contributed by atoms with Crippen molar-refractivity contribution in [2.24, 2.45) is 10.9 Å². The predicted octanol–water partition coefficient (Wildman–Crippen LogP) is 4.81. The summed E-state index contributed by atoms with van der Waals surface area (Å²) in [4.78, 5) is 20.8. The minimum absolute atomic E-state index is 0. The SMILES string of the molecule is CN=C(NCc1cccc(NC(=O)CC(C)C)c1)NCc1coc(-c2ccccc2)n1.I. The molecule has 0 spiro atoms. The molecule has 0 saturated heterocycles. The van der Waals surface area contributed by atoms with Crippen molar-refractivity contribution in [3.8, 4) is 11.5 Å². The van der Waals surface area contributed by atoms with E-state index in [2.05, 4.69) is 25.9 Å². The zero-order chi connectivity index (χ0) is 22.1. The molecule has 0 fully saturated rings. The van der Waals surface area contributed by atoms with E-state index in [1.807, 2.05) is 68.4 Å². The molecule has 0 saturated carbocycles. The van der Waals surface area contributed by atoms with Crippen LogP contribution in [0.5, 0.6) is 0 Å². The molecule has 7 nitrogen and oxygen atoms in total. The molecule has 0 aliphatic carbocycles. The Hall–Kier alpha value is -2.88. The van der Waals surface area contributed by atoms with Crippen LogP contribution in [-0.2, 0) is 17.9 Å². The minimum Gasteiger partial charge on any atom is -0.444 e. The Morgan fingerprint density at radius 2 is 1.81 bits per heavy atom. The summed E-state index contributed by atoms with van der Waals surface area (Å²) in [5, 5.41) is 9.46. The highest BCUT2D eigenvalue weighted by Gasteiger charge is 2.08. The summed E-state index contributed by atoms with van der Waals surface area (Å²) in [5.74, 6) is 1.60. The Morgan fingerprint density at radius 3 is 2.53 bits per heavy atom. The first kappa shape index (κ1) is 25.4. The van der Waals surface area contributed by atoms with Gasteiger partial charge in [0.05, 0.1) is 12.2 Å². The summed E-state index contributed by atoms with van der Waals surface area (Å²) in [6, 6.07) is 17.6. The topological polar surface area (TPSA) is 91.5 Å². The molecule has 0 bridgehead atoms. The van der Waals surface area contributed by atoms with Crippen molar-refractivity contribution in [1.29, 1.82) is 0 Å². The molecule has 170 valence electrons. The van der Waals surface area contributed by atoms with Crippen molar-refractivity contribution in [2.45, 2.75) is 33.4 Å². The molecule has 3 aromatic rings. The third-order valence-corrected chi connectivity index (χ3v) is 4.50. The molecule has 1 heterocycles. The van der Waals surface area contributed by atoms with Gasteiger partial charge in [-0.2, -0.15) is 0 Å². The number of carbonyl (C=O) groups excluding carboxylic acids is 1. The summed E-state index contributed by atoms with van der Waals surface area (Å²) in [6.45, 7) is 5.11. The van der Waals surface area contributed by atoms with E-state index in [0.29, 0.717) is 37.3 Å². The number of oxazole rings is 1. The summed E-state index contributed by atoms with van der Waals surface area (Å²) in [5.41, 5.74) is 3.57. The number of guanidine groups is 1. The third kappa shape index (κ3) is 7.99. The number of hydrogen-bond acceptors (Lipinski definition) is 4. The zero-order valence-corrected chi connectivity index (χ0v) is 20.9. The van der Waals surface area contributed by atoms with Gasteiger partial charge in [0.1, 0.15) is 6.26 Å². The van der Waals surface area contributed by atoms with Crippen molar-refractivity contribution in [3.05, 3.63) is 72.1 Å². The van der Waals surface area contributed by atoms with Crippen molar-refractivity contribution >= 4 is 41.5 Å². The lowest BCUT2D eigenvalue weighted by atomic mass is 10.1. The maximum Gasteiger partial charge on any atom is 0.226 e. The fourth-order valence-electron chi connectivity index (χ4n) is 3.02. The number of benzene rings is 2. The number of halogens is 1. The first-order chi connectivity index (χ1) is 15.0. The van der Waals surface area contributed by atoms with Gasteiger partial charge >= 0.3 is 0 Å². The van der Waals surface area contributed by atoms with Gasteiger partial charge in [0.25, 0.3) is 0 Å². The van der Waals surface area contributed by atoms with Gasteiger partial charge < -0.3 is 20.4 Å². The van der Waals surface area contributed by atoms with Crippen molar-refractivity contribution in [1.82, 2.24) is 15.6 Å². The van der Waals surface area contributed by atoms with E-state index in [-0.39, 0.29) is 29.9 Å². The van der Waals surface area contributed by atoms with Gasteiger partial charge in [-0.15, -0.1) is 24.0 Å². The molecular weight excluding hydrogens is 517 g/mol. The van der Waals surface area contributed by atoms with E-state index in [9.17, 15) is 4.79 Å². The maximum atomic E-state index is 12.0. The summed E-state index contributed by atoms with van der Waals surface area (Å²) in [6.07, 6.45) is 2.15. The van der Waals surface area contributed by atoms with Crippen LogP contribution < -0.4 is 16.0 Å². The number of aromatic nitrogens is 1. The second kappa shape index (κ2) is 12.8. The molecule has 3 rings (SSSR count). The summed E-state index contributed by atoms with van der Waals surface area (Å²) in [7, 11) is 1.72. The number of nitrogens with zero attached hydrogens (tertiary/aromatic N) is 2. The number of amides is 1. The highest BCUT2D eigenvalue weighted by atomic mass is 127. The van der Waals surface area contributed by atoms with Crippen molar-refractivity contribution < 1.29 is 9.21 Å². The van der Waals surface area contributed by atoms with Crippen LogP contribution in [0.1, 0.15) is 31.5 Å². The standard InChI is InChI=1S/C24H29N5O2.HI/c1-17(2)12-22(30)28-20-11-7-8-18(13-20)14-26-24(25-3)27-15-21-16-31-23(29-21)19-9-5-4-6-10-19;/h4-11,13,16-17H,12,14-15H2,1-3H3,(H,28,30)(H2,25,26,27);1H. The second-order valence-electron chi connectivity index (χ2n) is 7.64. The Kier molecular flexibility index (Phi) is 10.2. The lowest BCUT2D eigenvalue weighted by Crippen LogP contribution is -2.36. The van der Waals surface area contributed by atoms with Gasteiger partial charge in [-0.1, -0.05) is 44.2 Å². The van der Waals surface area contributed by atoms with Gasteiger partial charge in [-0.3, -0.25) is 9.79 Å². The number of rotatable bonds is 8. The number of hydrogen-bond donors (Lipinski definition) is 3. The van der Waals surface area contributed by atoms with E-state index in [1.54, 1.807) is 13.3 Å². The molecule has 1 amide bonds. The Bertz CT molecular complexity index is 1020. The van der Waals surface area contributed by atoms with Gasteiger partial charge in [0.2, 0.25) is 11.8 Å². The van der Waals surface area contributed by atoms with E-state index in [1.165, 1.54) is 0 Å². The van der Waals surface area contributed by atoms with Crippen LogP contribution in [0.3, 0.4) is 0 Å². The molecule has 1 aromatic heterocycles. The number of carbonyl (C=O) groups is 1. The molecule has 0 aliphatic heterocycles. The molecule has 8 heteroatoms. The molecule has 0 unspecified atom stereocenters. The van der Waals surface area contributed by atoms with Gasteiger partial charge in [0.15, 0.2) is 5.96 Å². The van der Waals surface area contributed by atoms with Crippen LogP contribution in [0.25, 0.3) is 11.5 Å². The number of aliphatic imine (C=N–C) groups is 1. The molecular formula is C24H30IN5O2. The normalized spacial score (nSPS) is 11.1. The van der Waals surface area contributed by atoms with E-state index in [4.69, 9.17) is 4.42 Å². The molecule has 0 atom stereocenters. The van der Waals surface area contributed by atoms with Crippen LogP contribution in [0, 0.1) is 5.92 Å². The van der Waals surface area contributed by atoms with Gasteiger partial charge in [-0.25, -0.2) is 4.98 Å². The monoisotopic (exact) mass is 547 g/mol. The molecule has 2 aromatic carbocycles. The van der Waals surface area contributed by atoms with Crippen LogP contribution in [0.4, 0.5) is 5.69 Å². The predicted molar refractivity (Wildman–Crippen MR) is 139 cm³/mol. The Balaban J connectivity index is 0.00000363. The lowest BCUT2D eigenvalue weighted by molar-refractivity contribution is -0.116. The fourth-order valence-corrected chi connectivity index (χ4v) is 3.02. The third-order valence-electron chi connectivity index (χ3n) is 4.50. The zero-order valence-electron chi connectivity index (χ0n) is 18.6. The minimum atomic E-state index is 0. The van der Waals surface area contributed by atoms with Crippen LogP contribution in [-0.4, -0.2) is 23.9 Å². The molecule has 32 heavy (non-hydrogen) atoms. The van der Waals surface area contributed by atoms with Crippen molar-refractivity contribution in [2.75, 3.05) is 12.4 Å². The average Bonchev–Trinajstić information content (AvgIpc) is 3.23. The highest BCUT2D eigenvalue weighted by Crippen LogP contribution is 2.17. The van der Waals surface area contributed by atoms with Gasteiger partial charge in [0, 0.05) is 31.3 Å². The number of anilines is 1. The Labute approximate surface area is 206 Å². The average molecular weight is 547 g/mol. The van der Waals surface area contributed by atoms with E-state index < -0.39 is 0 Å². The second-order valence-corrected chi connectivity index (χ2v) is 7.64. The summed E-state index contributed by atoms with van der Waals surface area (Å²) < 4.78 is 5.57. The smallest absolute Gasteiger partial charge is 0.226 e. The van der Waals surface area contributed by atoms with E-state index in [0.717, 1.165) is 22.5 Å². The van der Waals surface area contributed by atoms with E-state index >= 15 is 0 Å². The van der Waals surface area contributed by atoms with Crippen molar-refractivity contribution in [3.63, 3.8) is 0 Å². The number of nitrogens with one attached hydrogen (secondary N) is 3. The highest BCUT2D eigenvalue weighted by molar-refractivity contribution is 14.0.